The van der Waals surface area contributed by atoms with E-state index in [-0.39, 0.29) is 35.5 Å². The number of carbonyl (C=O) groups is 1. The lowest BCUT2D eigenvalue weighted by atomic mass is 10.1. The highest BCUT2D eigenvalue weighted by Gasteiger charge is 2.16. The van der Waals surface area contributed by atoms with Crippen molar-refractivity contribution in [3.63, 3.8) is 0 Å². The van der Waals surface area contributed by atoms with Gasteiger partial charge in [-0.2, -0.15) is 0 Å². The molecule has 0 aromatic heterocycles. The number of guanidine groups is 1. The molecule has 6 nitrogen and oxygen atoms in total. The van der Waals surface area contributed by atoms with Crippen LogP contribution >= 0.6 is 39.9 Å². The monoisotopic (exact) mass is 526 g/mol. The fraction of sp³-hybridized carbons (Fsp3) is 0.529. The third kappa shape index (κ3) is 10.0. The summed E-state index contributed by atoms with van der Waals surface area (Å²) in [6, 6.07) is 7.29. The first-order valence-electron chi connectivity index (χ1n) is 7.91. The number of ether oxygens (including phenoxy) is 1. The van der Waals surface area contributed by atoms with E-state index in [1.54, 1.807) is 26.3 Å². The summed E-state index contributed by atoms with van der Waals surface area (Å²) in [5.41, 5.74) is 0.404. The Morgan fingerprint density at radius 1 is 1.16 bits per heavy atom. The van der Waals surface area contributed by atoms with Gasteiger partial charge < -0.3 is 20.7 Å². The fourth-order valence-electron chi connectivity index (χ4n) is 1.79. The Kier molecular flexibility index (Phi) is 12.0. The van der Waals surface area contributed by atoms with E-state index in [0.29, 0.717) is 25.2 Å². The van der Waals surface area contributed by atoms with Crippen molar-refractivity contribution in [2.45, 2.75) is 25.9 Å². The highest BCUT2D eigenvalue weighted by atomic mass is 127. The minimum Gasteiger partial charge on any atom is -0.377 e. The number of nitrogens with one attached hydrogen (secondary N) is 3. The SMILES string of the molecule is CN=C(NCCCNC(=O)c1ccc(Br)cc1)NCC(C)(C)OC.I. The molecule has 0 radical (unpaired) electrons. The summed E-state index contributed by atoms with van der Waals surface area (Å²) in [7, 11) is 3.41. The van der Waals surface area contributed by atoms with Gasteiger partial charge in [-0.25, -0.2) is 0 Å². The molecule has 0 saturated carbocycles. The van der Waals surface area contributed by atoms with E-state index in [4.69, 9.17) is 4.74 Å². The van der Waals surface area contributed by atoms with Gasteiger partial charge in [0.15, 0.2) is 5.96 Å². The third-order valence-corrected chi connectivity index (χ3v) is 4.02. The minimum absolute atomic E-state index is 0. The lowest BCUT2D eigenvalue weighted by Crippen LogP contribution is -2.45. The van der Waals surface area contributed by atoms with E-state index in [2.05, 4.69) is 36.9 Å². The van der Waals surface area contributed by atoms with E-state index in [1.807, 2.05) is 26.0 Å². The number of nitrogens with zero attached hydrogens (tertiary/aromatic N) is 1. The third-order valence-electron chi connectivity index (χ3n) is 3.50. The second-order valence-electron chi connectivity index (χ2n) is 5.93. The highest BCUT2D eigenvalue weighted by Crippen LogP contribution is 2.10. The van der Waals surface area contributed by atoms with E-state index >= 15 is 0 Å². The molecule has 1 rings (SSSR count). The standard InChI is InChI=1S/C17H27BrN4O2.HI/c1-17(2,24-4)12-22-16(19-3)21-11-5-10-20-15(23)13-6-8-14(18)9-7-13;/h6-9H,5,10-12H2,1-4H3,(H,20,23)(H2,19,21,22);1H. The Labute approximate surface area is 175 Å². The second kappa shape index (κ2) is 12.5. The molecule has 0 aliphatic heterocycles. The first-order chi connectivity index (χ1) is 11.4. The number of benzene rings is 1. The smallest absolute Gasteiger partial charge is 0.251 e. The van der Waals surface area contributed by atoms with Crippen molar-refractivity contribution in [1.82, 2.24) is 16.0 Å². The normalized spacial score (nSPS) is 11.5. The van der Waals surface area contributed by atoms with Crippen LogP contribution in [0.25, 0.3) is 0 Å². The molecule has 25 heavy (non-hydrogen) atoms. The Hall–Kier alpha value is -0.870. The number of amides is 1. The molecule has 0 saturated heterocycles. The molecule has 8 heteroatoms. The predicted octanol–water partition coefficient (Wildman–Crippen LogP) is 2.78. The Morgan fingerprint density at radius 3 is 2.32 bits per heavy atom. The maximum absolute atomic E-state index is 12.0. The average molecular weight is 527 g/mol. The molecule has 0 aliphatic carbocycles. The number of methoxy groups -OCH3 is 1. The number of carbonyl (C=O) groups excluding carboxylic acids is 1. The Bertz CT molecular complexity index is 550. The molecule has 0 heterocycles. The van der Waals surface area contributed by atoms with Crippen molar-refractivity contribution in [3.8, 4) is 0 Å². The minimum atomic E-state index is -0.254. The molecule has 0 unspecified atom stereocenters. The van der Waals surface area contributed by atoms with Crippen LogP contribution in [0.1, 0.15) is 30.6 Å². The number of rotatable bonds is 8. The topological polar surface area (TPSA) is 74.8 Å². The van der Waals surface area contributed by atoms with Gasteiger partial charge in [0.05, 0.1) is 5.60 Å². The van der Waals surface area contributed by atoms with Crippen LogP contribution < -0.4 is 16.0 Å². The number of aliphatic imine (C=N–C) groups is 1. The van der Waals surface area contributed by atoms with Gasteiger partial charge in [-0.15, -0.1) is 24.0 Å². The lowest BCUT2D eigenvalue weighted by molar-refractivity contribution is 0.0268. The van der Waals surface area contributed by atoms with Crippen LogP contribution in [0.3, 0.4) is 0 Å². The van der Waals surface area contributed by atoms with Crippen molar-refractivity contribution in [2.24, 2.45) is 4.99 Å². The van der Waals surface area contributed by atoms with E-state index < -0.39 is 0 Å². The summed E-state index contributed by atoms with van der Waals surface area (Å²) in [4.78, 5) is 16.1. The summed E-state index contributed by atoms with van der Waals surface area (Å²) in [6.07, 6.45) is 0.802. The zero-order valence-electron chi connectivity index (χ0n) is 15.2. The van der Waals surface area contributed by atoms with E-state index in [1.165, 1.54) is 0 Å². The zero-order chi connectivity index (χ0) is 18.0. The van der Waals surface area contributed by atoms with Gasteiger partial charge in [-0.1, -0.05) is 15.9 Å². The summed E-state index contributed by atoms with van der Waals surface area (Å²) in [6.45, 7) is 5.98. The molecular formula is C17H28BrIN4O2. The largest absolute Gasteiger partial charge is 0.377 e. The fourth-order valence-corrected chi connectivity index (χ4v) is 2.05. The quantitative estimate of drug-likeness (QED) is 0.211. The lowest BCUT2D eigenvalue weighted by Gasteiger charge is -2.24. The van der Waals surface area contributed by atoms with E-state index in [9.17, 15) is 4.79 Å². The zero-order valence-corrected chi connectivity index (χ0v) is 19.1. The van der Waals surface area contributed by atoms with Gasteiger partial charge in [0, 0.05) is 43.8 Å². The summed E-state index contributed by atoms with van der Waals surface area (Å²) in [5, 5.41) is 9.33. The van der Waals surface area contributed by atoms with Crippen molar-refractivity contribution in [2.75, 3.05) is 33.8 Å². The first kappa shape index (κ1) is 24.1. The number of halogens is 2. The van der Waals surface area contributed by atoms with Gasteiger partial charge in [-0.3, -0.25) is 9.79 Å². The summed E-state index contributed by atoms with van der Waals surface area (Å²) < 4.78 is 6.31. The number of hydrogen-bond acceptors (Lipinski definition) is 3. The molecule has 0 atom stereocenters. The molecular weight excluding hydrogens is 499 g/mol. The molecule has 0 bridgehead atoms. The van der Waals surface area contributed by atoms with Crippen LogP contribution in [0.5, 0.6) is 0 Å². The van der Waals surface area contributed by atoms with Crippen LogP contribution in [-0.4, -0.2) is 51.3 Å². The van der Waals surface area contributed by atoms with Crippen molar-refractivity contribution in [1.29, 1.82) is 0 Å². The predicted molar refractivity (Wildman–Crippen MR) is 117 cm³/mol. The summed E-state index contributed by atoms with van der Waals surface area (Å²) in [5.74, 6) is 0.659. The van der Waals surface area contributed by atoms with Crippen molar-refractivity contribution >= 4 is 51.8 Å². The molecule has 0 aliphatic rings. The van der Waals surface area contributed by atoms with Gasteiger partial charge in [0.2, 0.25) is 0 Å². The van der Waals surface area contributed by atoms with Crippen molar-refractivity contribution < 1.29 is 9.53 Å². The van der Waals surface area contributed by atoms with Crippen LogP contribution in [0.2, 0.25) is 0 Å². The maximum Gasteiger partial charge on any atom is 0.251 e. The van der Waals surface area contributed by atoms with Gasteiger partial charge in [0.25, 0.3) is 5.91 Å². The van der Waals surface area contributed by atoms with E-state index in [0.717, 1.165) is 16.9 Å². The van der Waals surface area contributed by atoms with Crippen LogP contribution in [0, 0.1) is 0 Å². The van der Waals surface area contributed by atoms with Crippen LogP contribution in [0.15, 0.2) is 33.7 Å². The second-order valence-corrected chi connectivity index (χ2v) is 6.85. The van der Waals surface area contributed by atoms with Crippen molar-refractivity contribution in [3.05, 3.63) is 34.3 Å². The van der Waals surface area contributed by atoms with Gasteiger partial charge in [-0.05, 0) is 44.5 Å². The van der Waals surface area contributed by atoms with Crippen LogP contribution in [-0.2, 0) is 4.74 Å². The average Bonchev–Trinajstić information content (AvgIpc) is 2.57. The molecule has 1 aromatic carbocycles. The summed E-state index contributed by atoms with van der Waals surface area (Å²) >= 11 is 3.35. The first-order valence-corrected chi connectivity index (χ1v) is 8.70. The van der Waals surface area contributed by atoms with Crippen LogP contribution in [0.4, 0.5) is 0 Å². The maximum atomic E-state index is 12.0. The molecule has 0 fully saturated rings. The Morgan fingerprint density at radius 2 is 1.76 bits per heavy atom. The van der Waals surface area contributed by atoms with Gasteiger partial charge >= 0.3 is 0 Å². The number of hydrogen-bond donors (Lipinski definition) is 3. The highest BCUT2D eigenvalue weighted by molar-refractivity contribution is 14.0. The molecule has 1 aromatic rings. The molecule has 3 N–H and O–H groups in total. The Balaban J connectivity index is 0.00000576. The molecule has 1 amide bonds. The molecule has 142 valence electrons. The molecule has 0 spiro atoms. The van der Waals surface area contributed by atoms with Gasteiger partial charge in [0.1, 0.15) is 0 Å².